The SMILES string of the molecule is C.Cc1cc(NC(=O)Nc2cc(-c3ccc4ccnc(N)c4c3)n(C)n2)ccc1CN1CCN(C)CC1. The Hall–Kier alpha value is -3.95. The van der Waals surface area contributed by atoms with Crippen LogP contribution in [0.3, 0.4) is 0 Å². The van der Waals surface area contributed by atoms with Gasteiger partial charge in [0.2, 0.25) is 0 Å². The van der Waals surface area contributed by atoms with Gasteiger partial charge in [-0.15, -0.1) is 0 Å². The number of nitrogens with two attached hydrogens (primary N) is 1. The van der Waals surface area contributed by atoms with Gasteiger partial charge < -0.3 is 16.0 Å². The maximum Gasteiger partial charge on any atom is 0.324 e. The van der Waals surface area contributed by atoms with Crippen LogP contribution in [0.5, 0.6) is 0 Å². The van der Waals surface area contributed by atoms with Gasteiger partial charge in [0.15, 0.2) is 5.82 Å². The van der Waals surface area contributed by atoms with E-state index in [-0.39, 0.29) is 13.5 Å². The molecule has 37 heavy (non-hydrogen) atoms. The number of carbonyl (C=O) groups is 1. The summed E-state index contributed by atoms with van der Waals surface area (Å²) in [4.78, 5) is 21.7. The fourth-order valence-corrected chi connectivity index (χ4v) is 4.63. The average molecular weight is 501 g/mol. The number of nitrogens with zero attached hydrogens (tertiary/aromatic N) is 5. The summed E-state index contributed by atoms with van der Waals surface area (Å²) in [6, 6.07) is 15.5. The van der Waals surface area contributed by atoms with Gasteiger partial charge in [-0.3, -0.25) is 14.9 Å². The predicted molar refractivity (Wildman–Crippen MR) is 152 cm³/mol. The van der Waals surface area contributed by atoms with Crippen LogP contribution in [0.2, 0.25) is 0 Å². The molecule has 9 nitrogen and oxygen atoms in total. The van der Waals surface area contributed by atoms with Gasteiger partial charge in [0.25, 0.3) is 0 Å². The lowest BCUT2D eigenvalue weighted by Gasteiger charge is -2.32. The van der Waals surface area contributed by atoms with Crippen LogP contribution >= 0.6 is 0 Å². The van der Waals surface area contributed by atoms with E-state index in [9.17, 15) is 4.79 Å². The van der Waals surface area contributed by atoms with Crippen LogP contribution in [0, 0.1) is 6.92 Å². The minimum atomic E-state index is -0.335. The number of carbonyl (C=O) groups excluding carboxylic acids is 1. The summed E-state index contributed by atoms with van der Waals surface area (Å²) < 4.78 is 1.74. The summed E-state index contributed by atoms with van der Waals surface area (Å²) >= 11 is 0. The van der Waals surface area contributed by atoms with Crippen LogP contribution in [0.15, 0.2) is 54.7 Å². The van der Waals surface area contributed by atoms with E-state index in [0.717, 1.165) is 66.0 Å². The first-order valence-corrected chi connectivity index (χ1v) is 12.1. The summed E-state index contributed by atoms with van der Waals surface area (Å²) in [6.45, 7) is 7.37. The van der Waals surface area contributed by atoms with Gasteiger partial charge in [0, 0.05) is 68.7 Å². The third kappa shape index (κ3) is 5.90. The van der Waals surface area contributed by atoms with Crippen molar-refractivity contribution in [2.75, 3.05) is 49.6 Å². The molecule has 0 unspecified atom stereocenters. The van der Waals surface area contributed by atoms with Gasteiger partial charge >= 0.3 is 6.03 Å². The van der Waals surface area contributed by atoms with Crippen molar-refractivity contribution >= 4 is 34.1 Å². The Kier molecular flexibility index (Phi) is 7.75. The van der Waals surface area contributed by atoms with Crippen molar-refractivity contribution in [2.24, 2.45) is 7.05 Å². The highest BCUT2D eigenvalue weighted by Crippen LogP contribution is 2.28. The molecule has 194 valence electrons. The van der Waals surface area contributed by atoms with Gasteiger partial charge in [-0.25, -0.2) is 9.78 Å². The van der Waals surface area contributed by atoms with E-state index < -0.39 is 0 Å². The second kappa shape index (κ2) is 11.0. The van der Waals surface area contributed by atoms with Crippen LogP contribution in [0.25, 0.3) is 22.0 Å². The largest absolute Gasteiger partial charge is 0.383 e. The summed E-state index contributed by atoms with van der Waals surface area (Å²) in [6.07, 6.45) is 1.70. The number of rotatable bonds is 5. The van der Waals surface area contributed by atoms with E-state index in [2.05, 4.69) is 50.6 Å². The second-order valence-corrected chi connectivity index (χ2v) is 9.47. The van der Waals surface area contributed by atoms with Crippen molar-refractivity contribution in [1.29, 1.82) is 0 Å². The molecule has 3 heterocycles. The smallest absolute Gasteiger partial charge is 0.324 e. The number of fused-ring (bicyclic) bond motifs is 1. The molecule has 9 heteroatoms. The Morgan fingerprint density at radius 1 is 1.00 bits per heavy atom. The first kappa shape index (κ1) is 26.1. The minimum absolute atomic E-state index is 0. The van der Waals surface area contributed by atoms with Crippen LogP contribution in [-0.2, 0) is 13.6 Å². The molecular weight excluding hydrogens is 464 g/mol. The Bertz CT molecular complexity index is 1400. The molecule has 4 aromatic rings. The Morgan fingerprint density at radius 3 is 2.54 bits per heavy atom. The lowest BCUT2D eigenvalue weighted by Crippen LogP contribution is -2.43. The molecule has 1 fully saturated rings. The normalized spacial score (nSPS) is 14.4. The lowest BCUT2D eigenvalue weighted by molar-refractivity contribution is 0.148. The molecule has 2 aromatic heterocycles. The number of aryl methyl sites for hydroxylation is 2. The van der Waals surface area contributed by atoms with E-state index in [1.54, 1.807) is 10.9 Å². The number of hydrogen-bond acceptors (Lipinski definition) is 6. The Balaban J connectivity index is 0.00000320. The molecule has 1 aliphatic heterocycles. The first-order chi connectivity index (χ1) is 17.4. The zero-order valence-corrected chi connectivity index (χ0v) is 21.0. The van der Waals surface area contributed by atoms with Crippen molar-refractivity contribution in [3.05, 3.63) is 65.9 Å². The van der Waals surface area contributed by atoms with Crippen LogP contribution < -0.4 is 16.4 Å². The highest BCUT2D eigenvalue weighted by atomic mass is 16.2. The number of hydrogen-bond donors (Lipinski definition) is 3. The number of aromatic nitrogens is 3. The number of benzene rings is 2. The molecule has 0 aliphatic carbocycles. The first-order valence-electron chi connectivity index (χ1n) is 12.1. The molecule has 0 spiro atoms. The minimum Gasteiger partial charge on any atom is -0.383 e. The molecule has 1 aliphatic rings. The van der Waals surface area contributed by atoms with E-state index in [1.807, 2.05) is 49.5 Å². The molecular formula is C28H36N8O. The number of likely N-dealkylation sites (N-methyl/N-ethyl adjacent to an activating group) is 1. The van der Waals surface area contributed by atoms with Crippen LogP contribution in [0.4, 0.5) is 22.1 Å². The standard InChI is InChI=1S/C27H32N8O.CH4/c1-18-14-22(7-6-21(18)17-35-12-10-33(2)11-13-35)30-27(36)31-25-16-24(34(3)32-25)20-5-4-19-8-9-29-26(28)23(19)15-20;/h4-9,14-16H,10-13,17H2,1-3H3,(H2,28,29)(H2,30,31,32,36);1H4. The summed E-state index contributed by atoms with van der Waals surface area (Å²) in [5.74, 6) is 0.951. The fourth-order valence-electron chi connectivity index (χ4n) is 4.63. The highest BCUT2D eigenvalue weighted by molar-refractivity contribution is 5.99. The molecule has 1 saturated heterocycles. The van der Waals surface area contributed by atoms with Crippen molar-refractivity contribution in [3.8, 4) is 11.3 Å². The number of amides is 2. The lowest BCUT2D eigenvalue weighted by atomic mass is 10.1. The molecule has 0 atom stereocenters. The van der Waals surface area contributed by atoms with E-state index in [4.69, 9.17) is 5.73 Å². The van der Waals surface area contributed by atoms with Gasteiger partial charge in [0.1, 0.15) is 5.82 Å². The zero-order valence-electron chi connectivity index (χ0n) is 21.0. The van der Waals surface area contributed by atoms with E-state index in [0.29, 0.717) is 11.6 Å². The zero-order chi connectivity index (χ0) is 25.2. The average Bonchev–Trinajstić information content (AvgIpc) is 3.22. The monoisotopic (exact) mass is 500 g/mol. The summed E-state index contributed by atoms with van der Waals surface area (Å²) in [5.41, 5.74) is 11.1. The van der Waals surface area contributed by atoms with Gasteiger partial charge in [-0.05, 0) is 54.8 Å². The summed E-state index contributed by atoms with van der Waals surface area (Å²) in [7, 11) is 4.01. The van der Waals surface area contributed by atoms with Crippen molar-refractivity contribution in [2.45, 2.75) is 20.9 Å². The number of anilines is 3. The third-order valence-corrected chi connectivity index (χ3v) is 6.80. The number of nitrogen functional groups attached to an aromatic ring is 1. The van der Waals surface area contributed by atoms with Crippen LogP contribution in [0.1, 0.15) is 18.6 Å². The van der Waals surface area contributed by atoms with Gasteiger partial charge in [-0.1, -0.05) is 25.6 Å². The molecule has 2 aromatic carbocycles. The maximum atomic E-state index is 12.7. The Labute approximate surface area is 218 Å². The molecule has 0 radical (unpaired) electrons. The summed E-state index contributed by atoms with van der Waals surface area (Å²) in [5, 5.41) is 12.1. The fraction of sp³-hybridized carbons (Fsp3) is 0.321. The predicted octanol–water partition coefficient (Wildman–Crippen LogP) is 4.55. The molecule has 4 N–H and O–H groups in total. The molecule has 5 rings (SSSR count). The number of piperazine rings is 1. The number of urea groups is 1. The maximum absolute atomic E-state index is 12.7. The van der Waals surface area contributed by atoms with Gasteiger partial charge in [0.05, 0.1) is 5.69 Å². The van der Waals surface area contributed by atoms with Crippen LogP contribution in [-0.4, -0.2) is 63.8 Å². The van der Waals surface area contributed by atoms with E-state index >= 15 is 0 Å². The van der Waals surface area contributed by atoms with Crippen molar-refractivity contribution in [3.63, 3.8) is 0 Å². The molecule has 0 saturated carbocycles. The topological polar surface area (TPSA) is 104 Å². The number of nitrogens with one attached hydrogen (secondary N) is 2. The number of pyridine rings is 1. The quantitative estimate of drug-likeness (QED) is 0.371. The van der Waals surface area contributed by atoms with Gasteiger partial charge in [-0.2, -0.15) is 5.10 Å². The third-order valence-electron chi connectivity index (χ3n) is 6.80. The second-order valence-electron chi connectivity index (χ2n) is 9.47. The highest BCUT2D eigenvalue weighted by Gasteiger charge is 2.16. The molecule has 2 amide bonds. The Morgan fingerprint density at radius 2 is 1.78 bits per heavy atom. The molecule has 0 bridgehead atoms. The van der Waals surface area contributed by atoms with Crippen molar-refractivity contribution < 1.29 is 4.79 Å². The van der Waals surface area contributed by atoms with Crippen molar-refractivity contribution in [1.82, 2.24) is 24.6 Å². The van der Waals surface area contributed by atoms with E-state index in [1.165, 1.54) is 5.56 Å².